The first-order chi connectivity index (χ1) is 11.0. The quantitative estimate of drug-likeness (QED) is 0.266. The molecule has 0 aromatic heterocycles. The molecule has 1 atom stereocenters. The van der Waals surface area contributed by atoms with E-state index in [1.807, 2.05) is 0 Å². The first-order valence-corrected chi connectivity index (χ1v) is 8.67. The fourth-order valence-electron chi connectivity index (χ4n) is 2.37. The third kappa shape index (κ3) is 16.3. The molecule has 0 aliphatic rings. The van der Waals surface area contributed by atoms with Crippen LogP contribution >= 0.6 is 0 Å². The Bertz CT molecular complexity index is 369. The average Bonchev–Trinajstić information content (AvgIpc) is 2.49. The number of hydrogen-bond donors (Lipinski definition) is 1. The Balaban J connectivity index is -0.00000242. The first-order valence-electron chi connectivity index (χ1n) is 8.67. The van der Waals surface area contributed by atoms with Gasteiger partial charge in [0.1, 0.15) is 0 Å². The second-order valence-corrected chi connectivity index (χ2v) is 5.93. The largest absolute Gasteiger partial charge is 1.00 e. The molecule has 0 heterocycles. The Morgan fingerprint density at radius 2 is 1.38 bits per heavy atom. The molecule has 0 radical (unpaired) electrons. The molecule has 0 spiro atoms. The van der Waals surface area contributed by atoms with Crippen molar-refractivity contribution in [2.45, 2.75) is 90.0 Å². The maximum Gasteiger partial charge on any atom is 1.00 e. The summed E-state index contributed by atoms with van der Waals surface area (Å²) in [5, 5.41) is 23.5. The van der Waals surface area contributed by atoms with Crippen molar-refractivity contribution in [1.82, 2.24) is 5.32 Å². The third-order valence-corrected chi connectivity index (χ3v) is 3.76. The number of rotatable bonds is 15. The molecule has 134 valence electrons. The summed E-state index contributed by atoms with van der Waals surface area (Å²) < 4.78 is 0. The molecule has 0 saturated carbocycles. The predicted octanol–water partition coefficient (Wildman–Crippen LogP) is -2.21. The number of hydrogen-bond acceptors (Lipinski definition) is 5. The molecule has 6 nitrogen and oxygen atoms in total. The van der Waals surface area contributed by atoms with Gasteiger partial charge in [-0.25, -0.2) is 0 Å². The molecule has 1 amide bonds. The first kappa shape index (κ1) is 25.6. The summed E-state index contributed by atoms with van der Waals surface area (Å²) >= 11 is 0. The third-order valence-electron chi connectivity index (χ3n) is 3.76. The molecule has 1 N–H and O–H groups in total. The minimum Gasteiger partial charge on any atom is -0.550 e. The van der Waals surface area contributed by atoms with Gasteiger partial charge in [0, 0.05) is 12.4 Å². The van der Waals surface area contributed by atoms with Crippen LogP contribution in [0.2, 0.25) is 0 Å². The zero-order chi connectivity index (χ0) is 17.5. The van der Waals surface area contributed by atoms with E-state index in [0.717, 1.165) is 12.8 Å². The molecule has 0 aliphatic heterocycles. The van der Waals surface area contributed by atoms with Crippen molar-refractivity contribution in [3.8, 4) is 0 Å². The maximum absolute atomic E-state index is 11.6. The summed E-state index contributed by atoms with van der Waals surface area (Å²) in [5.74, 6) is -3.18. The second-order valence-electron chi connectivity index (χ2n) is 5.93. The molecule has 0 fully saturated rings. The number of aliphatic carboxylic acids is 2. The molecule has 24 heavy (non-hydrogen) atoms. The van der Waals surface area contributed by atoms with Gasteiger partial charge in [-0.15, -0.1) is 0 Å². The second kappa shape index (κ2) is 17.2. The van der Waals surface area contributed by atoms with Crippen LogP contribution in [0, 0.1) is 0 Å². The van der Waals surface area contributed by atoms with E-state index in [-0.39, 0.29) is 49.7 Å². The van der Waals surface area contributed by atoms with Crippen molar-refractivity contribution < 1.29 is 55.6 Å². The minimum atomic E-state index is -1.47. The smallest absolute Gasteiger partial charge is 0.550 e. The zero-order valence-corrected chi connectivity index (χ0v) is 17.1. The van der Waals surface area contributed by atoms with Crippen molar-refractivity contribution in [3.63, 3.8) is 0 Å². The van der Waals surface area contributed by atoms with Crippen LogP contribution < -0.4 is 45.1 Å². The van der Waals surface area contributed by atoms with Gasteiger partial charge < -0.3 is 25.1 Å². The molecule has 0 bridgehead atoms. The van der Waals surface area contributed by atoms with Crippen LogP contribution in [0.15, 0.2) is 0 Å². The maximum atomic E-state index is 11.6. The molecule has 0 rings (SSSR count). The molecular weight excluding hydrogens is 321 g/mol. The van der Waals surface area contributed by atoms with E-state index < -0.39 is 24.4 Å². The van der Waals surface area contributed by atoms with Crippen molar-refractivity contribution in [3.05, 3.63) is 0 Å². The van der Waals surface area contributed by atoms with E-state index in [1.54, 1.807) is 0 Å². The van der Waals surface area contributed by atoms with Gasteiger partial charge in [-0.1, -0.05) is 58.3 Å². The van der Waals surface area contributed by atoms with Gasteiger partial charge in [-0.2, -0.15) is 0 Å². The Morgan fingerprint density at radius 1 is 0.875 bits per heavy atom. The molecule has 0 aromatic carbocycles. The van der Waals surface area contributed by atoms with Gasteiger partial charge in [-0.05, 0) is 19.3 Å². The minimum absolute atomic E-state index is 0. The molecular formula is C17H30NNaO5. The number of carboxylic acid groups (broad SMARTS) is 2. The number of nitrogens with one attached hydrogen (secondary N) is 1. The van der Waals surface area contributed by atoms with Gasteiger partial charge in [0.2, 0.25) is 5.91 Å². The summed E-state index contributed by atoms with van der Waals surface area (Å²) in [5.41, 5.74) is 0. The van der Waals surface area contributed by atoms with Crippen molar-refractivity contribution in [1.29, 1.82) is 0 Å². The fourth-order valence-corrected chi connectivity index (χ4v) is 2.37. The Kier molecular flexibility index (Phi) is 18.4. The number of unbranched alkanes of at least 4 members (excludes halogenated alkanes) is 8. The molecule has 7 heteroatoms. The molecule has 0 aromatic rings. The summed E-state index contributed by atoms with van der Waals surface area (Å²) in [4.78, 5) is 32.8. The van der Waals surface area contributed by atoms with Gasteiger partial charge in [0.05, 0.1) is 12.0 Å². The van der Waals surface area contributed by atoms with Crippen LogP contribution in [0.3, 0.4) is 0 Å². The summed E-state index contributed by atoms with van der Waals surface area (Å²) in [6.45, 7) is 2.19. The molecule has 0 unspecified atom stereocenters. The number of carbonyl (C=O) groups excluding carboxylic acids is 3. The van der Waals surface area contributed by atoms with Crippen LogP contribution in [0.5, 0.6) is 0 Å². The van der Waals surface area contributed by atoms with Crippen LogP contribution in [-0.4, -0.2) is 23.9 Å². The van der Waals surface area contributed by atoms with Gasteiger partial charge in [-0.3, -0.25) is 4.79 Å². The predicted molar refractivity (Wildman–Crippen MR) is 84.1 cm³/mol. The van der Waals surface area contributed by atoms with Crippen LogP contribution in [0.1, 0.15) is 85.4 Å². The van der Waals surface area contributed by atoms with Crippen LogP contribution in [-0.2, 0) is 14.4 Å². The van der Waals surface area contributed by atoms with E-state index in [9.17, 15) is 24.6 Å². The standard InChI is InChI=1S/C17H31NO5.Na/c1-2-3-4-5-6-7-8-9-10-11-15(19)18-14(17(22)23)12-13-16(20)21;/h14H,2-13H2,1H3,(H,18,19)(H,20,21)(H,22,23);/q;+1/p-1/t14-;/m0./s1. The molecule has 0 saturated heterocycles. The molecule has 0 aliphatic carbocycles. The van der Waals surface area contributed by atoms with E-state index in [4.69, 9.17) is 0 Å². The van der Waals surface area contributed by atoms with E-state index >= 15 is 0 Å². The van der Waals surface area contributed by atoms with Gasteiger partial charge >= 0.3 is 31.0 Å². The summed E-state index contributed by atoms with van der Waals surface area (Å²) in [6.07, 6.45) is 9.82. The Morgan fingerprint density at radius 3 is 1.83 bits per heavy atom. The average molecular weight is 351 g/mol. The van der Waals surface area contributed by atoms with Crippen molar-refractivity contribution >= 4 is 17.8 Å². The van der Waals surface area contributed by atoms with E-state index in [2.05, 4.69) is 12.2 Å². The zero-order valence-electron chi connectivity index (χ0n) is 16.1. The van der Waals surface area contributed by atoms with Crippen LogP contribution in [0.4, 0.5) is 0 Å². The SMILES string of the molecule is CCCCCCCCCCCC(=O)N[C@@H](CCC(=O)[O-])C(=O)[O-].[H+].[Na+]. The van der Waals surface area contributed by atoms with Gasteiger partial charge in [0.25, 0.3) is 0 Å². The van der Waals surface area contributed by atoms with Crippen LogP contribution in [0.25, 0.3) is 0 Å². The number of carbonyl (C=O) groups is 3. The number of carboxylic acids is 2. The summed E-state index contributed by atoms with van der Waals surface area (Å²) in [6, 6.07) is -1.26. The van der Waals surface area contributed by atoms with E-state index in [1.165, 1.54) is 38.5 Å². The van der Waals surface area contributed by atoms with E-state index in [0.29, 0.717) is 6.42 Å². The summed E-state index contributed by atoms with van der Waals surface area (Å²) in [7, 11) is 0. The number of amides is 1. The van der Waals surface area contributed by atoms with Gasteiger partial charge in [0.15, 0.2) is 0 Å². The Labute approximate surface area is 168 Å². The topological polar surface area (TPSA) is 109 Å². The Hall–Kier alpha value is -0.590. The normalized spacial score (nSPS) is 11.4. The monoisotopic (exact) mass is 351 g/mol. The van der Waals surface area contributed by atoms with Crippen molar-refractivity contribution in [2.24, 2.45) is 0 Å². The van der Waals surface area contributed by atoms with Crippen molar-refractivity contribution in [2.75, 3.05) is 0 Å². The fraction of sp³-hybridized carbons (Fsp3) is 0.824.